The molecule has 5 amide bonds. The standard InChI is InChI=1S/C78H106N10O8S3/c1-52-41-64(99(95,96)84-72(92)57-24-26-61(27-25-57)87-39-37-86(38-40-87)44-58-30-33-76(7,8)43-65(58)78-48-77(9,49-78)50-78)28-29-66(52)82-60(47-97-63-17-13-12-14-18-63)32-36-85-35-31-59(45-85)71(91)79-34-16-11-10-15-19-68(90)83-70(75(4,5)6)74(94)88-46-62(89)42-67(88)73(93)81-53(2)55-20-22-56(23-21-55)69-54(3)80-51-98-69/h12-14,17-18,20-29,41,51,53,59-60,62,67,70,82,89H,10-11,15-16,19,30-40,42-50H2,1-9H3,(H,79,91)(H,81,93)(H,83,90)(H,84,92)/t53-,59+,60+,62+,67-,70+,77?,78?/m0/s1. The van der Waals surface area contributed by atoms with Gasteiger partial charge in [-0.1, -0.05) is 108 Å². The molecular weight excluding hydrogens is 1300 g/mol. The third-order valence-corrected chi connectivity index (χ3v) is 25.3. The fourth-order valence-electron chi connectivity index (χ4n) is 16.2. The number of benzene rings is 4. The Kier molecular flexibility index (Phi) is 23.3. The van der Waals surface area contributed by atoms with Crippen molar-refractivity contribution < 1.29 is 37.5 Å². The molecule has 1 aromatic heterocycles. The number of β-amino-alcohol motifs (C(OH)–C–C–N with tert-alkyl or cyclic N) is 1. The largest absolute Gasteiger partial charge is 0.391 e. The van der Waals surface area contributed by atoms with E-state index in [4.69, 9.17) is 0 Å². The van der Waals surface area contributed by atoms with Crippen LogP contribution in [0.15, 0.2) is 124 Å². The van der Waals surface area contributed by atoms with Crippen molar-refractivity contribution >= 4 is 74.0 Å². The summed E-state index contributed by atoms with van der Waals surface area (Å²) in [6, 6.07) is 28.3. The van der Waals surface area contributed by atoms with E-state index >= 15 is 0 Å². The Bertz CT molecular complexity index is 3810. The van der Waals surface area contributed by atoms with Crippen molar-refractivity contribution in [1.82, 2.24) is 40.4 Å². The maximum absolute atomic E-state index is 14.3. The van der Waals surface area contributed by atoms with Crippen LogP contribution in [-0.2, 0) is 29.2 Å². The Morgan fingerprint density at radius 3 is 2.21 bits per heavy atom. The van der Waals surface area contributed by atoms with Crippen molar-refractivity contribution in [3.05, 3.63) is 136 Å². The molecule has 0 spiro atoms. The molecule has 3 aliphatic heterocycles. The molecule has 4 aromatic carbocycles. The van der Waals surface area contributed by atoms with Crippen LogP contribution in [0.4, 0.5) is 11.4 Å². The fourth-order valence-corrected chi connectivity index (χ4v) is 19.1. The van der Waals surface area contributed by atoms with Crippen LogP contribution in [0, 0.1) is 41.4 Å². The fraction of sp³-hybridized carbons (Fsp3) is 0.564. The van der Waals surface area contributed by atoms with Crippen molar-refractivity contribution in [3.63, 3.8) is 0 Å². The zero-order valence-corrected chi connectivity index (χ0v) is 62.2. The van der Waals surface area contributed by atoms with Crippen LogP contribution in [0.25, 0.3) is 10.4 Å². The normalized spacial score (nSPS) is 23.4. The number of amides is 5. The number of hydrogen-bond donors (Lipinski definition) is 6. The van der Waals surface area contributed by atoms with E-state index in [1.165, 1.54) is 43.4 Å². The second-order valence-corrected chi connectivity index (χ2v) is 35.3. The number of nitrogens with one attached hydrogen (secondary N) is 5. The van der Waals surface area contributed by atoms with Crippen LogP contribution >= 0.6 is 23.1 Å². The van der Waals surface area contributed by atoms with Crippen LogP contribution < -0.4 is 30.9 Å². The molecule has 18 nitrogen and oxygen atoms in total. The van der Waals surface area contributed by atoms with Crippen LogP contribution in [0.1, 0.15) is 172 Å². The van der Waals surface area contributed by atoms with Gasteiger partial charge >= 0.3 is 0 Å². The predicted molar refractivity (Wildman–Crippen MR) is 396 cm³/mol. The van der Waals surface area contributed by atoms with E-state index in [-0.39, 0.29) is 65.6 Å². The Hall–Kier alpha value is -6.62. The predicted octanol–water partition coefficient (Wildman–Crippen LogP) is 12.1. The van der Waals surface area contributed by atoms with E-state index in [2.05, 4.69) is 78.6 Å². The Morgan fingerprint density at radius 1 is 0.818 bits per heavy atom. The molecule has 0 radical (unpaired) electrons. The van der Waals surface area contributed by atoms with Crippen molar-refractivity contribution in [2.24, 2.45) is 27.6 Å². The van der Waals surface area contributed by atoms with Crippen molar-refractivity contribution in [2.75, 3.05) is 81.4 Å². The van der Waals surface area contributed by atoms with Crippen LogP contribution in [0.2, 0.25) is 0 Å². The number of aliphatic hydroxyl groups excluding tert-OH is 1. The molecule has 6 N–H and O–H groups in total. The molecule has 5 aromatic rings. The molecule has 12 rings (SSSR count). The highest BCUT2D eigenvalue weighted by Gasteiger charge is 2.67. The summed E-state index contributed by atoms with van der Waals surface area (Å²) in [4.78, 5) is 83.8. The second kappa shape index (κ2) is 31.3. The quantitative estimate of drug-likeness (QED) is 0.0149. The number of carbonyl (C=O) groups is 5. The highest BCUT2D eigenvalue weighted by molar-refractivity contribution is 7.99. The van der Waals surface area contributed by atoms with Gasteiger partial charge in [-0.15, -0.1) is 23.1 Å². The number of carbonyl (C=O) groups excluding carboxylic acids is 5. The van der Waals surface area contributed by atoms with Gasteiger partial charge in [-0.3, -0.25) is 28.9 Å². The van der Waals surface area contributed by atoms with Gasteiger partial charge in [0, 0.05) is 105 Å². The number of allylic oxidation sites excluding steroid dienone is 1. The van der Waals surface area contributed by atoms with Gasteiger partial charge in [0.2, 0.25) is 23.6 Å². The number of rotatable bonds is 29. The highest BCUT2D eigenvalue weighted by Crippen LogP contribution is 2.77. The maximum Gasteiger partial charge on any atom is 0.264 e. The van der Waals surface area contributed by atoms with E-state index < -0.39 is 45.4 Å². The molecule has 3 saturated carbocycles. The number of aliphatic hydroxyl groups is 1. The second-order valence-electron chi connectivity index (χ2n) is 31.6. The molecule has 6 atom stereocenters. The number of hydrogen-bond acceptors (Lipinski definition) is 15. The summed E-state index contributed by atoms with van der Waals surface area (Å²) in [5.41, 5.74) is 11.9. The first-order valence-electron chi connectivity index (χ1n) is 36.1. The van der Waals surface area contributed by atoms with E-state index in [1.807, 2.05) is 102 Å². The van der Waals surface area contributed by atoms with E-state index in [0.717, 1.165) is 127 Å². The van der Waals surface area contributed by atoms with E-state index in [1.54, 1.807) is 64.6 Å². The van der Waals surface area contributed by atoms with Crippen molar-refractivity contribution in [1.29, 1.82) is 0 Å². The summed E-state index contributed by atoms with van der Waals surface area (Å²) < 4.78 is 29.9. The number of piperazine rings is 1. The van der Waals surface area contributed by atoms with Gasteiger partial charge < -0.3 is 41.1 Å². The highest BCUT2D eigenvalue weighted by atomic mass is 32.2. The molecule has 534 valence electrons. The lowest BCUT2D eigenvalue weighted by Gasteiger charge is -2.72. The first kappa shape index (κ1) is 73.6. The lowest BCUT2D eigenvalue weighted by atomic mass is 9.33. The summed E-state index contributed by atoms with van der Waals surface area (Å²) in [5, 5.41) is 23.7. The molecule has 4 heterocycles. The molecule has 6 fully saturated rings. The van der Waals surface area contributed by atoms with Gasteiger partial charge in [-0.25, -0.2) is 18.1 Å². The molecule has 2 bridgehead atoms. The van der Waals surface area contributed by atoms with E-state index in [9.17, 15) is 37.5 Å². The minimum absolute atomic E-state index is 0.00381. The van der Waals surface area contributed by atoms with Crippen LogP contribution in [0.3, 0.4) is 0 Å². The number of aromatic nitrogens is 1. The minimum Gasteiger partial charge on any atom is -0.391 e. The van der Waals surface area contributed by atoms with Crippen LogP contribution in [0.5, 0.6) is 0 Å². The number of thiazole rings is 1. The Balaban J connectivity index is 0.589. The number of anilines is 2. The van der Waals surface area contributed by atoms with Gasteiger partial charge in [0.25, 0.3) is 15.9 Å². The number of unbranched alkanes of at least 4 members (excludes halogenated alkanes) is 3. The third kappa shape index (κ3) is 18.4. The third-order valence-electron chi connectivity index (χ3n) is 21.8. The SMILES string of the molecule is Cc1cc(S(=O)(=O)NC(=O)c2ccc(N3CCN(CC4=C(C56CC(C)(C5)C6)CC(C)(C)CC4)CC3)cc2)ccc1N[C@H](CCN1CC[C@@H](C(=O)NCCCCCCC(=O)N[C@H](C(=O)N2C[C@H](O)C[C@H]2C(=O)N[C@@H](C)c2ccc(-c3scnc3C)cc2)C(C)(C)C)C1)CSc1ccccc1. The first-order chi connectivity index (χ1) is 47.1. The van der Waals surface area contributed by atoms with Crippen molar-refractivity contribution in [2.45, 2.75) is 192 Å². The number of thioether (sulfide) groups is 1. The summed E-state index contributed by atoms with van der Waals surface area (Å²) in [6.45, 7) is 26.3. The molecule has 7 aliphatic rings. The summed E-state index contributed by atoms with van der Waals surface area (Å²) in [7, 11) is -4.19. The van der Waals surface area contributed by atoms with Gasteiger partial charge in [0.15, 0.2) is 0 Å². The number of nitrogens with zero attached hydrogens (tertiary/aromatic N) is 5. The van der Waals surface area contributed by atoms with Gasteiger partial charge in [0.05, 0.1) is 39.0 Å². The average Bonchev–Trinajstić information content (AvgIpc) is 1.27. The molecular formula is C78H106N10O8S3. The average molecular weight is 1410 g/mol. The lowest BCUT2D eigenvalue weighted by Crippen LogP contribution is -2.61. The smallest absolute Gasteiger partial charge is 0.264 e. The number of likely N-dealkylation sites (tertiary alicyclic amines) is 2. The molecule has 3 saturated heterocycles. The van der Waals surface area contributed by atoms with Crippen LogP contribution in [-0.4, -0.2) is 158 Å². The zero-order valence-electron chi connectivity index (χ0n) is 59.7. The minimum atomic E-state index is -4.19. The lowest BCUT2D eigenvalue weighted by molar-refractivity contribution is -0.167. The molecule has 21 heteroatoms. The van der Waals surface area contributed by atoms with E-state index in [0.29, 0.717) is 35.8 Å². The van der Waals surface area contributed by atoms with Gasteiger partial charge in [0.1, 0.15) is 12.1 Å². The first-order valence-corrected chi connectivity index (χ1v) is 39.5. The topological polar surface area (TPSA) is 226 Å². The molecule has 4 aliphatic carbocycles. The van der Waals surface area contributed by atoms with Gasteiger partial charge in [-0.2, -0.15) is 0 Å². The number of aryl methyl sites for hydroxylation is 2. The Morgan fingerprint density at radius 2 is 1.54 bits per heavy atom. The molecule has 0 unspecified atom stereocenters. The molecule has 99 heavy (non-hydrogen) atoms. The summed E-state index contributed by atoms with van der Waals surface area (Å²) in [5.74, 6) is -1.00. The van der Waals surface area contributed by atoms with Crippen molar-refractivity contribution in [3.8, 4) is 10.4 Å². The number of sulfonamides is 1. The summed E-state index contributed by atoms with van der Waals surface area (Å²) in [6.07, 6.45) is 11.8. The maximum atomic E-state index is 14.3. The monoisotopic (exact) mass is 1410 g/mol. The summed E-state index contributed by atoms with van der Waals surface area (Å²) >= 11 is 3.33. The Labute approximate surface area is 596 Å². The van der Waals surface area contributed by atoms with Gasteiger partial charge in [-0.05, 0) is 184 Å². The zero-order chi connectivity index (χ0) is 70.4.